The smallest absolute Gasteiger partial charge is 0.336 e. The number of thiophene rings is 1. The second kappa shape index (κ2) is 6.28. The summed E-state index contributed by atoms with van der Waals surface area (Å²) in [6, 6.07) is 1.14. The number of carboxylic acids is 1. The Bertz CT molecular complexity index is 502. The van der Waals surface area contributed by atoms with Gasteiger partial charge in [-0.3, -0.25) is 0 Å². The molecule has 0 aliphatic heterocycles. The van der Waals surface area contributed by atoms with Gasteiger partial charge >= 0.3 is 5.97 Å². The highest BCUT2D eigenvalue weighted by Gasteiger charge is 2.25. The Morgan fingerprint density at radius 3 is 2.56 bits per heavy atom. The SMILES string of the molecule is CCCN(CCO)S(=O)(=O)c1cc(C(=O)O)cs1. The lowest BCUT2D eigenvalue weighted by atomic mass is 10.4. The van der Waals surface area contributed by atoms with Crippen molar-refractivity contribution in [2.24, 2.45) is 0 Å². The third-order valence-electron chi connectivity index (χ3n) is 2.24. The van der Waals surface area contributed by atoms with Crippen molar-refractivity contribution in [1.29, 1.82) is 0 Å². The standard InChI is InChI=1S/C10H15NO5S2/c1-2-3-11(4-5-12)18(15,16)9-6-8(7-17-9)10(13)14/h6-7,12H,2-5H2,1H3,(H,13,14). The molecule has 0 saturated heterocycles. The molecule has 0 unspecified atom stereocenters. The number of carboxylic acid groups (broad SMARTS) is 1. The van der Waals surface area contributed by atoms with Crippen LogP contribution < -0.4 is 0 Å². The summed E-state index contributed by atoms with van der Waals surface area (Å²) in [7, 11) is -3.71. The lowest BCUT2D eigenvalue weighted by Crippen LogP contribution is -2.33. The average molecular weight is 293 g/mol. The Morgan fingerprint density at radius 2 is 2.11 bits per heavy atom. The summed E-state index contributed by atoms with van der Waals surface area (Å²) in [6.45, 7) is 1.87. The minimum absolute atomic E-state index is 0.0104. The first-order chi connectivity index (χ1) is 8.43. The third kappa shape index (κ3) is 3.29. The molecule has 0 aromatic carbocycles. The summed E-state index contributed by atoms with van der Waals surface area (Å²) in [5.74, 6) is -1.16. The Hall–Kier alpha value is -0.960. The fraction of sp³-hybridized carbons (Fsp3) is 0.500. The van der Waals surface area contributed by atoms with Gasteiger partial charge in [0.05, 0.1) is 12.2 Å². The number of aliphatic hydroxyl groups is 1. The van der Waals surface area contributed by atoms with Crippen molar-refractivity contribution in [2.45, 2.75) is 17.6 Å². The van der Waals surface area contributed by atoms with Crippen LogP contribution in [0.25, 0.3) is 0 Å². The highest BCUT2D eigenvalue weighted by Crippen LogP contribution is 2.24. The van der Waals surface area contributed by atoms with E-state index in [-0.39, 0.29) is 22.9 Å². The molecule has 0 spiro atoms. The molecule has 8 heteroatoms. The third-order valence-corrected chi connectivity index (χ3v) is 5.55. The lowest BCUT2D eigenvalue weighted by Gasteiger charge is -2.19. The van der Waals surface area contributed by atoms with Crippen molar-refractivity contribution >= 4 is 27.3 Å². The number of aliphatic hydroxyl groups excluding tert-OH is 1. The topological polar surface area (TPSA) is 94.9 Å². The van der Waals surface area contributed by atoms with Crippen LogP contribution in [0.2, 0.25) is 0 Å². The van der Waals surface area contributed by atoms with Crippen LogP contribution in [0.1, 0.15) is 23.7 Å². The molecular formula is C10H15NO5S2. The molecule has 1 heterocycles. The molecule has 0 aliphatic rings. The van der Waals surface area contributed by atoms with Gasteiger partial charge in [-0.05, 0) is 12.5 Å². The van der Waals surface area contributed by atoms with Gasteiger partial charge in [-0.1, -0.05) is 6.92 Å². The Morgan fingerprint density at radius 1 is 1.44 bits per heavy atom. The number of sulfonamides is 1. The average Bonchev–Trinajstić information content (AvgIpc) is 2.78. The lowest BCUT2D eigenvalue weighted by molar-refractivity contribution is 0.0697. The van der Waals surface area contributed by atoms with E-state index in [2.05, 4.69) is 0 Å². The van der Waals surface area contributed by atoms with Crippen molar-refractivity contribution in [3.8, 4) is 0 Å². The van der Waals surface area contributed by atoms with Crippen LogP contribution in [0.3, 0.4) is 0 Å². The molecule has 0 fully saturated rings. The summed E-state index contributed by atoms with van der Waals surface area (Å²) in [5, 5.41) is 18.9. The maximum absolute atomic E-state index is 12.2. The van der Waals surface area contributed by atoms with E-state index in [9.17, 15) is 13.2 Å². The van der Waals surface area contributed by atoms with Crippen LogP contribution in [-0.2, 0) is 10.0 Å². The minimum atomic E-state index is -3.71. The summed E-state index contributed by atoms with van der Waals surface area (Å²) in [5.41, 5.74) is -0.0426. The van der Waals surface area contributed by atoms with E-state index in [0.29, 0.717) is 13.0 Å². The normalized spacial score (nSPS) is 11.9. The van der Waals surface area contributed by atoms with Crippen LogP contribution in [0.15, 0.2) is 15.7 Å². The first-order valence-corrected chi connectivity index (χ1v) is 7.68. The quantitative estimate of drug-likeness (QED) is 0.776. The summed E-state index contributed by atoms with van der Waals surface area (Å²) in [4.78, 5) is 10.7. The maximum atomic E-state index is 12.2. The number of carbonyl (C=O) groups is 1. The second-order valence-corrected chi connectivity index (χ2v) is 6.66. The van der Waals surface area contributed by atoms with Crippen molar-refractivity contribution in [2.75, 3.05) is 19.7 Å². The van der Waals surface area contributed by atoms with Crippen molar-refractivity contribution in [3.63, 3.8) is 0 Å². The minimum Gasteiger partial charge on any atom is -0.478 e. The van der Waals surface area contributed by atoms with Gasteiger partial charge < -0.3 is 10.2 Å². The molecule has 0 atom stereocenters. The molecule has 1 rings (SSSR count). The fourth-order valence-electron chi connectivity index (χ4n) is 1.40. The molecule has 0 amide bonds. The highest BCUT2D eigenvalue weighted by atomic mass is 32.2. The predicted molar refractivity (Wildman–Crippen MR) is 67.4 cm³/mol. The van der Waals surface area contributed by atoms with Crippen LogP contribution in [0.4, 0.5) is 0 Å². The summed E-state index contributed by atoms with van der Waals surface area (Å²) >= 11 is 0.873. The van der Waals surface area contributed by atoms with Crippen LogP contribution in [-0.4, -0.2) is 48.6 Å². The molecule has 18 heavy (non-hydrogen) atoms. The van der Waals surface area contributed by atoms with E-state index >= 15 is 0 Å². The van der Waals surface area contributed by atoms with Gasteiger partial charge in [0.25, 0.3) is 10.0 Å². The zero-order valence-electron chi connectivity index (χ0n) is 9.87. The first kappa shape index (κ1) is 15.1. The van der Waals surface area contributed by atoms with Gasteiger partial charge in [-0.25, -0.2) is 13.2 Å². The summed E-state index contributed by atoms with van der Waals surface area (Å²) < 4.78 is 25.5. The number of rotatable bonds is 7. The van der Waals surface area contributed by atoms with Crippen molar-refractivity contribution in [3.05, 3.63) is 17.0 Å². The second-order valence-electron chi connectivity index (χ2n) is 3.59. The van der Waals surface area contributed by atoms with Crippen LogP contribution in [0.5, 0.6) is 0 Å². The molecule has 2 N–H and O–H groups in total. The maximum Gasteiger partial charge on any atom is 0.336 e. The van der Waals surface area contributed by atoms with E-state index in [1.165, 1.54) is 5.38 Å². The van der Waals surface area contributed by atoms with Crippen LogP contribution >= 0.6 is 11.3 Å². The molecule has 6 nitrogen and oxygen atoms in total. The zero-order chi connectivity index (χ0) is 13.8. The molecule has 1 aromatic rings. The van der Waals surface area contributed by atoms with Crippen molar-refractivity contribution < 1.29 is 23.4 Å². The summed E-state index contributed by atoms with van der Waals surface area (Å²) in [6.07, 6.45) is 0.621. The van der Waals surface area contributed by atoms with E-state index in [0.717, 1.165) is 21.7 Å². The molecular weight excluding hydrogens is 278 g/mol. The van der Waals surface area contributed by atoms with Gasteiger partial charge in [-0.2, -0.15) is 4.31 Å². The molecule has 1 aromatic heterocycles. The van der Waals surface area contributed by atoms with Gasteiger partial charge in [0.2, 0.25) is 0 Å². The van der Waals surface area contributed by atoms with Gasteiger partial charge in [-0.15, -0.1) is 11.3 Å². The van der Waals surface area contributed by atoms with E-state index in [1.807, 2.05) is 6.92 Å². The number of hydrogen-bond acceptors (Lipinski definition) is 5. The van der Waals surface area contributed by atoms with E-state index < -0.39 is 16.0 Å². The van der Waals surface area contributed by atoms with E-state index in [4.69, 9.17) is 10.2 Å². The highest BCUT2D eigenvalue weighted by molar-refractivity contribution is 7.91. The number of nitrogens with zero attached hydrogens (tertiary/aromatic N) is 1. The fourth-order valence-corrected chi connectivity index (χ4v) is 4.23. The van der Waals surface area contributed by atoms with Gasteiger partial charge in [0.1, 0.15) is 4.21 Å². The molecule has 102 valence electrons. The van der Waals surface area contributed by atoms with E-state index in [1.54, 1.807) is 0 Å². The largest absolute Gasteiger partial charge is 0.478 e. The Balaban J connectivity index is 3.05. The molecule has 0 bridgehead atoms. The van der Waals surface area contributed by atoms with Crippen molar-refractivity contribution in [1.82, 2.24) is 4.31 Å². The molecule has 0 aliphatic carbocycles. The van der Waals surface area contributed by atoms with Crippen LogP contribution in [0, 0.1) is 0 Å². The predicted octanol–water partition coefficient (Wildman–Crippen LogP) is 0.839. The Kier molecular flexibility index (Phi) is 5.27. The number of hydrogen-bond donors (Lipinski definition) is 2. The molecule has 0 saturated carbocycles. The first-order valence-electron chi connectivity index (χ1n) is 5.36. The van der Waals surface area contributed by atoms with Gasteiger partial charge in [0, 0.05) is 18.5 Å². The van der Waals surface area contributed by atoms with Gasteiger partial charge in [0.15, 0.2) is 0 Å². The zero-order valence-corrected chi connectivity index (χ0v) is 11.5. The monoisotopic (exact) mass is 293 g/mol. The number of aromatic carboxylic acids is 1. The Labute approximate surface area is 110 Å². The molecule has 0 radical (unpaired) electrons.